The van der Waals surface area contributed by atoms with Gasteiger partial charge in [-0.2, -0.15) is 0 Å². The number of amides is 1. The number of aliphatic hydroxyl groups is 1. The summed E-state index contributed by atoms with van der Waals surface area (Å²) in [5.74, 6) is 1.25. The summed E-state index contributed by atoms with van der Waals surface area (Å²) in [5.41, 5.74) is 2.72. The number of carbonyl (C=O) groups excluding carboxylic acids is 1. The number of rotatable bonds is 9. The van der Waals surface area contributed by atoms with E-state index in [-0.39, 0.29) is 18.3 Å². The molecule has 34 heavy (non-hydrogen) atoms. The molecule has 2 aromatic rings. The van der Waals surface area contributed by atoms with E-state index in [9.17, 15) is 9.90 Å². The summed E-state index contributed by atoms with van der Waals surface area (Å²) in [6.45, 7) is 4.32. The average Bonchev–Trinajstić information content (AvgIpc) is 2.88. The van der Waals surface area contributed by atoms with Crippen LogP contribution >= 0.6 is 0 Å². The number of aliphatic hydroxyl groups excluding tert-OH is 1. The van der Waals surface area contributed by atoms with Gasteiger partial charge >= 0.3 is 0 Å². The molecule has 2 heterocycles. The van der Waals surface area contributed by atoms with Crippen LogP contribution in [0.15, 0.2) is 67.2 Å². The molecule has 4 rings (SSSR count). The Hall–Kier alpha value is -3.29. The SMILES string of the molecule is O=C(NCCCO)c1ccccc1C1CCN(CCN2C=COC(c3cccc(O)c3)=C2)CC1. The van der Waals surface area contributed by atoms with Gasteiger partial charge in [0.25, 0.3) is 5.91 Å². The number of nitrogens with zero attached hydrogens (tertiary/aromatic N) is 2. The lowest BCUT2D eigenvalue weighted by Crippen LogP contribution is -2.38. The zero-order valence-electron chi connectivity index (χ0n) is 19.4. The van der Waals surface area contributed by atoms with Gasteiger partial charge in [-0.05, 0) is 62.0 Å². The first kappa shape index (κ1) is 23.9. The van der Waals surface area contributed by atoms with Crippen molar-refractivity contribution in [2.24, 2.45) is 0 Å². The Bertz CT molecular complexity index is 1030. The number of nitrogens with one attached hydrogen (secondary N) is 1. The molecule has 2 aromatic carbocycles. The van der Waals surface area contributed by atoms with Crippen LogP contribution in [0, 0.1) is 0 Å². The second-order valence-electron chi connectivity index (χ2n) is 8.72. The highest BCUT2D eigenvalue weighted by Crippen LogP contribution is 2.30. The molecule has 0 saturated carbocycles. The fraction of sp³-hybridized carbons (Fsp3) is 0.370. The van der Waals surface area contributed by atoms with Crippen LogP contribution in [0.25, 0.3) is 5.76 Å². The third-order valence-electron chi connectivity index (χ3n) is 6.39. The number of phenolic OH excluding ortho intramolecular Hbond substituents is 1. The normalized spacial score (nSPS) is 16.7. The van der Waals surface area contributed by atoms with Gasteiger partial charge in [-0.25, -0.2) is 0 Å². The predicted octanol–water partition coefficient (Wildman–Crippen LogP) is 3.49. The summed E-state index contributed by atoms with van der Waals surface area (Å²) in [6, 6.07) is 15.0. The maximum atomic E-state index is 12.6. The van der Waals surface area contributed by atoms with Gasteiger partial charge in [0.2, 0.25) is 0 Å². The van der Waals surface area contributed by atoms with E-state index in [2.05, 4.69) is 21.2 Å². The van der Waals surface area contributed by atoms with Gasteiger partial charge in [0.15, 0.2) is 0 Å². The third kappa shape index (κ3) is 6.18. The van der Waals surface area contributed by atoms with Crippen LogP contribution in [0.4, 0.5) is 0 Å². The number of aromatic hydroxyl groups is 1. The lowest BCUT2D eigenvalue weighted by atomic mass is 9.86. The van der Waals surface area contributed by atoms with Crippen molar-refractivity contribution in [1.29, 1.82) is 0 Å². The van der Waals surface area contributed by atoms with E-state index in [1.54, 1.807) is 24.5 Å². The Morgan fingerprint density at radius 3 is 2.71 bits per heavy atom. The minimum atomic E-state index is -0.0556. The Morgan fingerprint density at radius 2 is 1.91 bits per heavy atom. The summed E-state index contributed by atoms with van der Waals surface area (Å²) >= 11 is 0. The molecule has 7 heteroatoms. The highest BCUT2D eigenvalue weighted by atomic mass is 16.5. The first-order valence-corrected chi connectivity index (χ1v) is 11.9. The zero-order chi connectivity index (χ0) is 23.8. The molecular formula is C27H33N3O4. The van der Waals surface area contributed by atoms with Crippen molar-refractivity contribution < 1.29 is 19.7 Å². The largest absolute Gasteiger partial charge is 0.508 e. The molecule has 1 fully saturated rings. The van der Waals surface area contributed by atoms with Crippen LogP contribution in [0.5, 0.6) is 5.75 Å². The van der Waals surface area contributed by atoms with Gasteiger partial charge in [-0.1, -0.05) is 30.3 Å². The fourth-order valence-corrected chi connectivity index (χ4v) is 4.51. The number of hydrogen-bond acceptors (Lipinski definition) is 6. The number of phenols is 1. The first-order chi connectivity index (χ1) is 16.6. The standard InChI is InChI=1S/C27H33N3O4/c31-17-4-11-28-27(33)25-8-2-1-7-24(25)21-9-12-29(13-10-21)14-15-30-16-18-34-26(20-30)22-5-3-6-23(32)19-22/h1-3,5-8,16,18-21,31-32H,4,9-15,17H2,(H,28,33). The third-order valence-corrected chi connectivity index (χ3v) is 6.39. The lowest BCUT2D eigenvalue weighted by Gasteiger charge is -2.34. The highest BCUT2D eigenvalue weighted by molar-refractivity contribution is 5.95. The number of carbonyl (C=O) groups is 1. The molecule has 1 amide bonds. The molecule has 0 bridgehead atoms. The van der Waals surface area contributed by atoms with E-state index in [1.807, 2.05) is 36.7 Å². The van der Waals surface area contributed by atoms with E-state index in [0.717, 1.165) is 55.7 Å². The Labute approximate surface area is 201 Å². The minimum Gasteiger partial charge on any atom is -0.508 e. The van der Waals surface area contributed by atoms with E-state index in [4.69, 9.17) is 9.84 Å². The first-order valence-electron chi connectivity index (χ1n) is 11.9. The highest BCUT2D eigenvalue weighted by Gasteiger charge is 2.24. The van der Waals surface area contributed by atoms with E-state index in [0.29, 0.717) is 24.6 Å². The molecule has 7 nitrogen and oxygen atoms in total. The fourth-order valence-electron chi connectivity index (χ4n) is 4.51. The van der Waals surface area contributed by atoms with Gasteiger partial charge in [-0.15, -0.1) is 0 Å². The molecule has 0 aromatic heterocycles. The maximum Gasteiger partial charge on any atom is 0.251 e. The number of piperidine rings is 1. The van der Waals surface area contributed by atoms with Crippen LogP contribution in [-0.4, -0.2) is 65.3 Å². The molecule has 1 saturated heterocycles. The molecule has 2 aliphatic rings. The van der Waals surface area contributed by atoms with Crippen LogP contribution in [0.2, 0.25) is 0 Å². The molecule has 0 atom stereocenters. The smallest absolute Gasteiger partial charge is 0.251 e. The monoisotopic (exact) mass is 463 g/mol. The van der Waals surface area contributed by atoms with Crippen LogP contribution in [0.3, 0.4) is 0 Å². The molecule has 0 spiro atoms. The van der Waals surface area contributed by atoms with Crippen molar-refractivity contribution >= 4 is 11.7 Å². The minimum absolute atomic E-state index is 0.0556. The molecule has 0 aliphatic carbocycles. The number of ether oxygens (including phenoxy) is 1. The van der Waals surface area contributed by atoms with Crippen molar-refractivity contribution in [3.63, 3.8) is 0 Å². The number of likely N-dealkylation sites (tertiary alicyclic amines) is 1. The zero-order valence-corrected chi connectivity index (χ0v) is 19.4. The second-order valence-corrected chi connectivity index (χ2v) is 8.72. The molecule has 0 radical (unpaired) electrons. The molecule has 2 aliphatic heterocycles. The Balaban J connectivity index is 1.29. The van der Waals surface area contributed by atoms with Gasteiger partial charge < -0.3 is 30.1 Å². The summed E-state index contributed by atoms with van der Waals surface area (Å²) in [5, 5.41) is 21.6. The topological polar surface area (TPSA) is 85.3 Å². The van der Waals surface area contributed by atoms with Crippen LogP contribution in [-0.2, 0) is 4.74 Å². The molecule has 0 unspecified atom stereocenters. The van der Waals surface area contributed by atoms with E-state index in [1.165, 1.54) is 0 Å². The van der Waals surface area contributed by atoms with Gasteiger partial charge in [-0.3, -0.25) is 4.79 Å². The number of benzene rings is 2. The molecule has 3 N–H and O–H groups in total. The van der Waals surface area contributed by atoms with Crippen LogP contribution in [0.1, 0.15) is 46.7 Å². The van der Waals surface area contributed by atoms with Crippen molar-refractivity contribution in [3.05, 3.63) is 83.9 Å². The molecular weight excluding hydrogens is 430 g/mol. The van der Waals surface area contributed by atoms with Gasteiger partial charge in [0, 0.05) is 49.8 Å². The van der Waals surface area contributed by atoms with Crippen molar-refractivity contribution in [2.45, 2.75) is 25.2 Å². The van der Waals surface area contributed by atoms with Gasteiger partial charge in [0.05, 0.1) is 0 Å². The predicted molar refractivity (Wildman–Crippen MR) is 132 cm³/mol. The van der Waals surface area contributed by atoms with Crippen molar-refractivity contribution in [1.82, 2.24) is 15.1 Å². The summed E-state index contributed by atoms with van der Waals surface area (Å²) in [4.78, 5) is 17.2. The lowest BCUT2D eigenvalue weighted by molar-refractivity contribution is 0.0948. The molecule has 180 valence electrons. The Kier molecular flexibility index (Phi) is 8.22. The number of hydrogen-bond donors (Lipinski definition) is 3. The maximum absolute atomic E-state index is 12.6. The van der Waals surface area contributed by atoms with Crippen LogP contribution < -0.4 is 5.32 Å². The quantitative estimate of drug-likeness (QED) is 0.494. The summed E-state index contributed by atoms with van der Waals surface area (Å²) in [7, 11) is 0. The van der Waals surface area contributed by atoms with Gasteiger partial charge in [0.1, 0.15) is 17.8 Å². The van der Waals surface area contributed by atoms with Crippen molar-refractivity contribution in [3.8, 4) is 5.75 Å². The van der Waals surface area contributed by atoms with E-state index >= 15 is 0 Å². The Morgan fingerprint density at radius 1 is 1.09 bits per heavy atom. The summed E-state index contributed by atoms with van der Waals surface area (Å²) < 4.78 is 5.63. The second kappa shape index (κ2) is 11.7. The van der Waals surface area contributed by atoms with E-state index < -0.39 is 0 Å². The summed E-state index contributed by atoms with van der Waals surface area (Å²) in [6.07, 6.45) is 8.16. The average molecular weight is 464 g/mol. The van der Waals surface area contributed by atoms with Crippen molar-refractivity contribution in [2.75, 3.05) is 39.3 Å².